The van der Waals surface area contributed by atoms with E-state index in [9.17, 15) is 0 Å². The SMILES string of the molecule is Clc1cccc(-c2cccc(Nc3nccc(NCCCN4CCCC4)n3)c2)c1. The van der Waals surface area contributed by atoms with Crippen LogP contribution in [0.3, 0.4) is 0 Å². The molecule has 150 valence electrons. The summed E-state index contributed by atoms with van der Waals surface area (Å²) >= 11 is 6.13. The Morgan fingerprint density at radius 2 is 1.76 bits per heavy atom. The lowest BCUT2D eigenvalue weighted by Gasteiger charge is -2.14. The molecule has 1 aromatic heterocycles. The maximum atomic E-state index is 6.13. The van der Waals surface area contributed by atoms with E-state index in [1.165, 1.54) is 25.9 Å². The van der Waals surface area contributed by atoms with Crippen LogP contribution in [0.4, 0.5) is 17.5 Å². The Labute approximate surface area is 177 Å². The number of hydrogen-bond donors (Lipinski definition) is 2. The minimum atomic E-state index is 0.581. The van der Waals surface area contributed by atoms with Gasteiger partial charge in [0.2, 0.25) is 5.95 Å². The average molecular weight is 408 g/mol. The molecule has 1 fully saturated rings. The minimum absolute atomic E-state index is 0.581. The van der Waals surface area contributed by atoms with Gasteiger partial charge in [0.1, 0.15) is 5.82 Å². The van der Waals surface area contributed by atoms with Crippen molar-refractivity contribution < 1.29 is 0 Å². The molecule has 0 spiro atoms. The Morgan fingerprint density at radius 1 is 0.966 bits per heavy atom. The van der Waals surface area contributed by atoms with Crippen molar-refractivity contribution in [2.75, 3.05) is 36.8 Å². The Balaban J connectivity index is 1.35. The van der Waals surface area contributed by atoms with Crippen molar-refractivity contribution in [2.24, 2.45) is 0 Å². The number of anilines is 3. The minimum Gasteiger partial charge on any atom is -0.370 e. The predicted molar refractivity (Wildman–Crippen MR) is 121 cm³/mol. The van der Waals surface area contributed by atoms with Gasteiger partial charge < -0.3 is 15.5 Å². The van der Waals surface area contributed by atoms with Crippen molar-refractivity contribution in [3.8, 4) is 11.1 Å². The third kappa shape index (κ3) is 5.68. The molecule has 0 radical (unpaired) electrons. The summed E-state index contributed by atoms with van der Waals surface area (Å²) in [5.41, 5.74) is 3.11. The molecule has 2 aromatic carbocycles. The lowest BCUT2D eigenvalue weighted by molar-refractivity contribution is 0.337. The van der Waals surface area contributed by atoms with Crippen molar-refractivity contribution in [2.45, 2.75) is 19.3 Å². The highest BCUT2D eigenvalue weighted by atomic mass is 35.5. The van der Waals surface area contributed by atoms with E-state index < -0.39 is 0 Å². The van der Waals surface area contributed by atoms with E-state index in [4.69, 9.17) is 11.6 Å². The summed E-state index contributed by atoms with van der Waals surface area (Å²) in [7, 11) is 0. The molecule has 5 nitrogen and oxygen atoms in total. The van der Waals surface area contributed by atoms with E-state index in [-0.39, 0.29) is 0 Å². The quantitative estimate of drug-likeness (QED) is 0.487. The van der Waals surface area contributed by atoms with Crippen LogP contribution in [0.1, 0.15) is 19.3 Å². The van der Waals surface area contributed by atoms with Crippen LogP contribution in [-0.2, 0) is 0 Å². The molecule has 4 rings (SSSR count). The van der Waals surface area contributed by atoms with Crippen molar-refractivity contribution in [1.29, 1.82) is 0 Å². The lowest BCUT2D eigenvalue weighted by Crippen LogP contribution is -2.22. The van der Waals surface area contributed by atoms with Crippen molar-refractivity contribution in [3.63, 3.8) is 0 Å². The van der Waals surface area contributed by atoms with Gasteiger partial charge in [-0.1, -0.05) is 35.9 Å². The van der Waals surface area contributed by atoms with Crippen LogP contribution < -0.4 is 10.6 Å². The van der Waals surface area contributed by atoms with Crippen LogP contribution in [0.2, 0.25) is 5.02 Å². The lowest BCUT2D eigenvalue weighted by atomic mass is 10.1. The van der Waals surface area contributed by atoms with Gasteiger partial charge in [0.05, 0.1) is 0 Å². The fraction of sp³-hybridized carbons (Fsp3) is 0.304. The number of hydrogen-bond acceptors (Lipinski definition) is 5. The number of benzene rings is 2. The van der Waals surface area contributed by atoms with E-state index >= 15 is 0 Å². The van der Waals surface area contributed by atoms with E-state index in [2.05, 4.69) is 37.6 Å². The highest BCUT2D eigenvalue weighted by Gasteiger charge is 2.10. The van der Waals surface area contributed by atoms with Gasteiger partial charge in [0, 0.05) is 23.5 Å². The topological polar surface area (TPSA) is 53.1 Å². The second kappa shape index (κ2) is 9.72. The summed E-state index contributed by atoms with van der Waals surface area (Å²) in [5.74, 6) is 1.42. The Hall–Kier alpha value is -2.63. The molecular formula is C23H26ClN5. The molecule has 0 amide bonds. The van der Waals surface area contributed by atoms with Crippen LogP contribution >= 0.6 is 11.6 Å². The molecule has 0 saturated carbocycles. The number of likely N-dealkylation sites (tertiary alicyclic amines) is 1. The summed E-state index contributed by atoms with van der Waals surface area (Å²) in [6.45, 7) is 4.56. The van der Waals surface area contributed by atoms with Gasteiger partial charge >= 0.3 is 0 Å². The predicted octanol–water partition coefficient (Wildman–Crippen LogP) is 5.44. The molecule has 1 saturated heterocycles. The molecule has 0 aliphatic carbocycles. The standard InChI is InChI=1S/C23H26ClN5/c24-20-8-3-6-18(16-20)19-7-4-9-21(17-19)27-23-26-12-10-22(28-23)25-11-5-15-29-13-1-2-14-29/h3-4,6-10,12,16-17H,1-2,5,11,13-15H2,(H2,25,26,27,28). The molecular weight excluding hydrogens is 382 g/mol. The summed E-state index contributed by atoms with van der Waals surface area (Å²) in [4.78, 5) is 11.5. The maximum absolute atomic E-state index is 6.13. The summed E-state index contributed by atoms with van der Waals surface area (Å²) in [6, 6.07) is 17.9. The number of nitrogens with zero attached hydrogens (tertiary/aromatic N) is 3. The van der Waals surface area contributed by atoms with Crippen LogP contribution in [-0.4, -0.2) is 41.0 Å². The van der Waals surface area contributed by atoms with E-state index in [0.717, 1.165) is 47.2 Å². The highest BCUT2D eigenvalue weighted by Crippen LogP contribution is 2.26. The first-order chi connectivity index (χ1) is 14.3. The molecule has 2 heterocycles. The third-order valence-corrected chi connectivity index (χ3v) is 5.32. The van der Waals surface area contributed by atoms with Gasteiger partial charge in [-0.05, 0) is 80.4 Å². The van der Waals surface area contributed by atoms with Crippen LogP contribution in [0.15, 0.2) is 60.8 Å². The van der Waals surface area contributed by atoms with Gasteiger partial charge in [-0.15, -0.1) is 0 Å². The van der Waals surface area contributed by atoms with Crippen molar-refractivity contribution >= 4 is 29.1 Å². The molecule has 0 bridgehead atoms. The number of nitrogens with one attached hydrogen (secondary N) is 2. The second-order valence-corrected chi connectivity index (χ2v) is 7.75. The number of rotatable bonds is 8. The molecule has 3 aromatic rings. The molecule has 0 unspecified atom stereocenters. The fourth-order valence-electron chi connectivity index (χ4n) is 3.62. The highest BCUT2D eigenvalue weighted by molar-refractivity contribution is 6.30. The zero-order valence-electron chi connectivity index (χ0n) is 16.4. The molecule has 2 N–H and O–H groups in total. The van der Waals surface area contributed by atoms with E-state index in [1.54, 1.807) is 6.20 Å². The zero-order valence-corrected chi connectivity index (χ0v) is 17.2. The number of aromatic nitrogens is 2. The number of halogens is 1. The molecule has 1 aliphatic rings. The van der Waals surface area contributed by atoms with Gasteiger partial charge in [-0.2, -0.15) is 4.98 Å². The Kier molecular flexibility index (Phi) is 6.60. The van der Waals surface area contributed by atoms with Crippen molar-refractivity contribution in [3.05, 3.63) is 65.8 Å². The van der Waals surface area contributed by atoms with Crippen LogP contribution in [0.25, 0.3) is 11.1 Å². The average Bonchev–Trinajstić information content (AvgIpc) is 3.25. The smallest absolute Gasteiger partial charge is 0.229 e. The van der Waals surface area contributed by atoms with Crippen molar-refractivity contribution in [1.82, 2.24) is 14.9 Å². The molecule has 29 heavy (non-hydrogen) atoms. The molecule has 1 aliphatic heterocycles. The largest absolute Gasteiger partial charge is 0.370 e. The molecule has 0 atom stereocenters. The fourth-order valence-corrected chi connectivity index (χ4v) is 3.81. The van der Waals surface area contributed by atoms with E-state index in [1.807, 2.05) is 42.5 Å². The summed E-state index contributed by atoms with van der Waals surface area (Å²) in [6.07, 6.45) is 5.58. The second-order valence-electron chi connectivity index (χ2n) is 7.31. The maximum Gasteiger partial charge on any atom is 0.229 e. The van der Waals surface area contributed by atoms with E-state index in [0.29, 0.717) is 5.95 Å². The van der Waals surface area contributed by atoms with Gasteiger partial charge in [-0.25, -0.2) is 4.98 Å². The summed E-state index contributed by atoms with van der Waals surface area (Å²) in [5, 5.41) is 7.44. The normalized spacial score (nSPS) is 14.1. The van der Waals surface area contributed by atoms with Crippen LogP contribution in [0.5, 0.6) is 0 Å². The zero-order chi connectivity index (χ0) is 19.9. The van der Waals surface area contributed by atoms with Gasteiger partial charge in [-0.3, -0.25) is 0 Å². The molecule has 6 heteroatoms. The monoisotopic (exact) mass is 407 g/mol. The first kappa shape index (κ1) is 19.7. The first-order valence-corrected chi connectivity index (χ1v) is 10.6. The van der Waals surface area contributed by atoms with Crippen LogP contribution in [0, 0.1) is 0 Å². The Bertz CT molecular complexity index is 940. The first-order valence-electron chi connectivity index (χ1n) is 10.2. The van der Waals surface area contributed by atoms with Gasteiger partial charge in [0.25, 0.3) is 0 Å². The summed E-state index contributed by atoms with van der Waals surface area (Å²) < 4.78 is 0. The third-order valence-electron chi connectivity index (χ3n) is 5.09. The van der Waals surface area contributed by atoms with Gasteiger partial charge in [0.15, 0.2) is 0 Å². The Morgan fingerprint density at radius 3 is 2.59 bits per heavy atom.